The second kappa shape index (κ2) is 10.7. The molecule has 1 rings (SSSR count). The predicted molar refractivity (Wildman–Crippen MR) is 85.7 cm³/mol. The Morgan fingerprint density at radius 2 is 1.63 bits per heavy atom. The van der Waals surface area contributed by atoms with Crippen LogP contribution >= 0.6 is 0 Å². The van der Waals surface area contributed by atoms with Crippen LogP contribution < -0.4 is 5.32 Å². The molecule has 0 aromatic heterocycles. The van der Waals surface area contributed by atoms with Crippen LogP contribution in [-0.2, 0) is 0 Å². The quantitative estimate of drug-likeness (QED) is 0.601. The van der Waals surface area contributed by atoms with Crippen LogP contribution in [0.3, 0.4) is 0 Å². The van der Waals surface area contributed by atoms with Crippen molar-refractivity contribution in [3.8, 4) is 0 Å². The van der Waals surface area contributed by atoms with Crippen LogP contribution in [0.1, 0.15) is 72.1 Å². The van der Waals surface area contributed by atoms with Crippen LogP contribution in [0.5, 0.6) is 0 Å². The van der Waals surface area contributed by atoms with Gasteiger partial charge in [-0.3, -0.25) is 0 Å². The van der Waals surface area contributed by atoms with Gasteiger partial charge < -0.3 is 10.2 Å². The average Bonchev–Trinajstić information content (AvgIpc) is 2.46. The predicted octanol–water partition coefficient (Wildman–Crippen LogP) is 4.06. The molecule has 0 aromatic rings. The number of likely N-dealkylation sites (tertiary alicyclic amines) is 1. The van der Waals surface area contributed by atoms with Gasteiger partial charge in [-0.05, 0) is 58.3 Å². The maximum Gasteiger partial charge on any atom is 0.00679 e. The van der Waals surface area contributed by atoms with Crippen molar-refractivity contribution < 1.29 is 0 Å². The van der Waals surface area contributed by atoms with Gasteiger partial charge in [0, 0.05) is 6.04 Å². The number of nitrogens with zero attached hydrogens (tertiary/aromatic N) is 1. The van der Waals surface area contributed by atoms with Crippen molar-refractivity contribution in [2.24, 2.45) is 5.92 Å². The summed E-state index contributed by atoms with van der Waals surface area (Å²) in [5.41, 5.74) is 0. The third-order valence-corrected chi connectivity index (χ3v) is 4.78. The Labute approximate surface area is 121 Å². The Morgan fingerprint density at radius 1 is 1.00 bits per heavy atom. The maximum atomic E-state index is 3.76. The summed E-state index contributed by atoms with van der Waals surface area (Å²) in [6.45, 7) is 12.0. The molecule has 1 saturated heterocycles. The molecule has 0 aliphatic carbocycles. The standard InChI is InChI=1S/C17H36N2/c1-4-6-7-8-9-10-13-18-16(3)17-11-14-19(5-2)15-12-17/h16-18H,4-15H2,1-3H3. The minimum atomic E-state index is 0.717. The van der Waals surface area contributed by atoms with Gasteiger partial charge in [0.05, 0.1) is 0 Å². The number of unbranched alkanes of at least 4 members (excludes halogenated alkanes) is 5. The summed E-state index contributed by atoms with van der Waals surface area (Å²) in [4.78, 5) is 2.58. The highest BCUT2D eigenvalue weighted by Gasteiger charge is 2.22. The summed E-state index contributed by atoms with van der Waals surface area (Å²) in [5, 5.41) is 3.76. The highest BCUT2D eigenvalue weighted by molar-refractivity contribution is 4.79. The van der Waals surface area contributed by atoms with Crippen molar-refractivity contribution in [3.05, 3.63) is 0 Å². The molecule has 1 aliphatic heterocycles. The largest absolute Gasteiger partial charge is 0.314 e. The first-order valence-electron chi connectivity index (χ1n) is 8.73. The molecule has 0 spiro atoms. The number of nitrogens with one attached hydrogen (secondary N) is 1. The first kappa shape index (κ1) is 17.0. The molecule has 1 N–H and O–H groups in total. The van der Waals surface area contributed by atoms with E-state index in [0.717, 1.165) is 12.0 Å². The molecule has 114 valence electrons. The lowest BCUT2D eigenvalue weighted by molar-refractivity contribution is 0.169. The molecule has 0 amide bonds. The van der Waals surface area contributed by atoms with Crippen LogP contribution in [0.4, 0.5) is 0 Å². The van der Waals surface area contributed by atoms with Crippen LogP contribution in [0.2, 0.25) is 0 Å². The van der Waals surface area contributed by atoms with E-state index in [2.05, 4.69) is 31.0 Å². The van der Waals surface area contributed by atoms with Crippen LogP contribution in [0.15, 0.2) is 0 Å². The fraction of sp³-hybridized carbons (Fsp3) is 1.00. The molecule has 1 aliphatic rings. The molecular weight excluding hydrogens is 232 g/mol. The summed E-state index contributed by atoms with van der Waals surface area (Å²) >= 11 is 0. The van der Waals surface area contributed by atoms with Crippen molar-refractivity contribution in [3.63, 3.8) is 0 Å². The third-order valence-electron chi connectivity index (χ3n) is 4.78. The fourth-order valence-electron chi connectivity index (χ4n) is 3.17. The Kier molecular flexibility index (Phi) is 9.54. The topological polar surface area (TPSA) is 15.3 Å². The summed E-state index contributed by atoms with van der Waals surface area (Å²) in [5.74, 6) is 0.905. The highest BCUT2D eigenvalue weighted by Crippen LogP contribution is 2.20. The van der Waals surface area contributed by atoms with E-state index in [4.69, 9.17) is 0 Å². The first-order chi connectivity index (χ1) is 9.27. The van der Waals surface area contributed by atoms with Gasteiger partial charge in [-0.2, -0.15) is 0 Å². The molecular formula is C17H36N2. The van der Waals surface area contributed by atoms with Gasteiger partial charge in [0.15, 0.2) is 0 Å². The van der Waals surface area contributed by atoms with Crippen LogP contribution in [0, 0.1) is 5.92 Å². The van der Waals surface area contributed by atoms with Crippen molar-refractivity contribution in [1.29, 1.82) is 0 Å². The van der Waals surface area contributed by atoms with E-state index in [9.17, 15) is 0 Å². The normalized spacial score (nSPS) is 19.7. The van der Waals surface area contributed by atoms with Crippen molar-refractivity contribution in [2.45, 2.75) is 78.2 Å². The molecule has 0 bridgehead atoms. The first-order valence-corrected chi connectivity index (χ1v) is 8.73. The van der Waals surface area contributed by atoms with Crippen molar-refractivity contribution >= 4 is 0 Å². The average molecular weight is 268 g/mol. The fourth-order valence-corrected chi connectivity index (χ4v) is 3.17. The molecule has 19 heavy (non-hydrogen) atoms. The van der Waals surface area contributed by atoms with Crippen LogP contribution in [-0.4, -0.2) is 37.1 Å². The van der Waals surface area contributed by atoms with E-state index in [1.807, 2.05) is 0 Å². The molecule has 0 saturated carbocycles. The lowest BCUT2D eigenvalue weighted by Crippen LogP contribution is -2.42. The van der Waals surface area contributed by atoms with E-state index in [-0.39, 0.29) is 0 Å². The number of piperidine rings is 1. The number of hydrogen-bond donors (Lipinski definition) is 1. The number of rotatable bonds is 10. The highest BCUT2D eigenvalue weighted by atomic mass is 15.1. The van der Waals surface area contributed by atoms with Crippen molar-refractivity contribution in [2.75, 3.05) is 26.2 Å². The molecule has 0 aromatic carbocycles. The number of hydrogen-bond acceptors (Lipinski definition) is 2. The Hall–Kier alpha value is -0.0800. The van der Waals surface area contributed by atoms with E-state index in [1.54, 1.807) is 0 Å². The van der Waals surface area contributed by atoms with E-state index in [0.29, 0.717) is 0 Å². The lowest BCUT2D eigenvalue weighted by atomic mass is 9.90. The molecule has 1 fully saturated rings. The third kappa shape index (κ3) is 7.31. The van der Waals surface area contributed by atoms with Gasteiger partial charge in [-0.15, -0.1) is 0 Å². The van der Waals surface area contributed by atoms with E-state index >= 15 is 0 Å². The van der Waals surface area contributed by atoms with Crippen molar-refractivity contribution in [1.82, 2.24) is 10.2 Å². The second-order valence-electron chi connectivity index (χ2n) is 6.28. The summed E-state index contributed by atoms with van der Waals surface area (Å²) in [6.07, 6.45) is 11.2. The smallest absolute Gasteiger partial charge is 0.00679 e. The molecule has 1 unspecified atom stereocenters. The zero-order valence-electron chi connectivity index (χ0n) is 13.6. The van der Waals surface area contributed by atoms with E-state index < -0.39 is 0 Å². The summed E-state index contributed by atoms with van der Waals surface area (Å²) in [6, 6.07) is 0.717. The molecule has 2 heteroatoms. The minimum Gasteiger partial charge on any atom is -0.314 e. The van der Waals surface area contributed by atoms with Gasteiger partial charge in [0.25, 0.3) is 0 Å². The SMILES string of the molecule is CCCCCCCCNC(C)C1CCN(CC)CC1. The molecule has 1 atom stereocenters. The summed E-state index contributed by atoms with van der Waals surface area (Å²) in [7, 11) is 0. The molecule has 2 nitrogen and oxygen atoms in total. The van der Waals surface area contributed by atoms with Gasteiger partial charge in [-0.1, -0.05) is 46.0 Å². The molecule has 0 radical (unpaired) electrons. The minimum absolute atomic E-state index is 0.717. The monoisotopic (exact) mass is 268 g/mol. The van der Waals surface area contributed by atoms with Gasteiger partial charge in [0.2, 0.25) is 0 Å². The second-order valence-corrected chi connectivity index (χ2v) is 6.28. The lowest BCUT2D eigenvalue weighted by Gasteiger charge is -2.34. The Morgan fingerprint density at radius 3 is 2.26 bits per heavy atom. The zero-order chi connectivity index (χ0) is 13.9. The summed E-state index contributed by atoms with van der Waals surface area (Å²) < 4.78 is 0. The van der Waals surface area contributed by atoms with Gasteiger partial charge in [0.1, 0.15) is 0 Å². The molecule has 1 heterocycles. The zero-order valence-corrected chi connectivity index (χ0v) is 13.6. The van der Waals surface area contributed by atoms with E-state index in [1.165, 1.54) is 77.5 Å². The Bertz CT molecular complexity index is 197. The van der Waals surface area contributed by atoms with Gasteiger partial charge >= 0.3 is 0 Å². The van der Waals surface area contributed by atoms with Gasteiger partial charge in [-0.25, -0.2) is 0 Å². The Balaban J connectivity index is 1.97. The van der Waals surface area contributed by atoms with Crippen LogP contribution in [0.25, 0.3) is 0 Å². The maximum absolute atomic E-state index is 3.76.